The Bertz CT molecular complexity index is 1280. The van der Waals surface area contributed by atoms with Crippen LogP contribution in [0, 0.1) is 11.3 Å². The van der Waals surface area contributed by atoms with Crippen LogP contribution < -0.4 is 5.73 Å². The molecule has 8 heteroatoms. The van der Waals surface area contributed by atoms with Gasteiger partial charge in [0, 0.05) is 29.7 Å². The molecule has 0 unspecified atom stereocenters. The summed E-state index contributed by atoms with van der Waals surface area (Å²) < 4.78 is 27.4. The molecule has 4 aromatic rings. The van der Waals surface area contributed by atoms with Crippen molar-refractivity contribution in [2.45, 2.75) is 4.90 Å². The summed E-state index contributed by atoms with van der Waals surface area (Å²) in [6, 6.07) is 16.9. The van der Waals surface area contributed by atoms with E-state index in [9.17, 15) is 13.7 Å². The molecule has 0 spiro atoms. The molecule has 3 heterocycles. The Morgan fingerprint density at radius 3 is 2.57 bits per heavy atom. The maximum absolute atomic E-state index is 13.1. The lowest BCUT2D eigenvalue weighted by molar-refractivity contribution is 0.588. The smallest absolute Gasteiger partial charge is 0.268 e. The average Bonchev–Trinajstić information content (AvgIpc) is 3.40. The molecule has 0 amide bonds. The standard InChI is InChI=1S/C20H15N5O2S/c21-12-17-16(11-18(24-20(17)22)14-8-9-23-13-14)19-7-4-10-25(19)28(26,27)15-5-2-1-3-6-15/h1-11,13,23H,(H2,22,24). The van der Waals surface area contributed by atoms with Gasteiger partial charge in [-0.2, -0.15) is 5.26 Å². The molecule has 138 valence electrons. The Morgan fingerprint density at radius 1 is 1.11 bits per heavy atom. The van der Waals surface area contributed by atoms with Crippen molar-refractivity contribution in [3.8, 4) is 28.6 Å². The predicted molar refractivity (Wildman–Crippen MR) is 106 cm³/mol. The van der Waals surface area contributed by atoms with E-state index in [1.165, 1.54) is 18.3 Å². The Hall–Kier alpha value is -3.83. The topological polar surface area (TPSA) is 118 Å². The number of nitrogen functional groups attached to an aromatic ring is 1. The number of nitrogens with two attached hydrogens (primary N) is 1. The SMILES string of the molecule is N#Cc1c(-c2cccn2S(=O)(=O)c2ccccc2)cc(-c2cc[nH]c2)nc1N. The molecule has 3 N–H and O–H groups in total. The molecule has 0 atom stereocenters. The molecule has 0 saturated carbocycles. The Morgan fingerprint density at radius 2 is 1.89 bits per heavy atom. The first-order valence-corrected chi connectivity index (χ1v) is 9.78. The largest absolute Gasteiger partial charge is 0.383 e. The highest BCUT2D eigenvalue weighted by atomic mass is 32.2. The predicted octanol–water partition coefficient (Wildman–Crippen LogP) is 3.24. The second-order valence-electron chi connectivity index (χ2n) is 6.03. The van der Waals surface area contributed by atoms with Gasteiger partial charge in [-0.05, 0) is 36.4 Å². The van der Waals surface area contributed by atoms with Crippen LogP contribution in [0.2, 0.25) is 0 Å². The monoisotopic (exact) mass is 389 g/mol. The van der Waals surface area contributed by atoms with Crippen molar-refractivity contribution in [1.29, 1.82) is 5.26 Å². The summed E-state index contributed by atoms with van der Waals surface area (Å²) in [5.41, 5.74) is 8.20. The quantitative estimate of drug-likeness (QED) is 0.555. The summed E-state index contributed by atoms with van der Waals surface area (Å²) in [6.07, 6.45) is 4.94. The van der Waals surface area contributed by atoms with Crippen LogP contribution in [0.5, 0.6) is 0 Å². The highest BCUT2D eigenvalue weighted by Gasteiger charge is 2.23. The molecule has 3 aromatic heterocycles. The van der Waals surface area contributed by atoms with E-state index in [0.717, 1.165) is 9.54 Å². The summed E-state index contributed by atoms with van der Waals surface area (Å²) in [4.78, 5) is 7.38. The average molecular weight is 389 g/mol. The highest BCUT2D eigenvalue weighted by molar-refractivity contribution is 7.90. The molecular weight excluding hydrogens is 374 g/mol. The van der Waals surface area contributed by atoms with E-state index in [4.69, 9.17) is 5.73 Å². The number of hydrogen-bond donors (Lipinski definition) is 2. The zero-order valence-corrected chi connectivity index (χ0v) is 15.4. The second kappa shape index (κ2) is 6.72. The zero-order chi connectivity index (χ0) is 19.7. The van der Waals surface area contributed by atoms with Crippen LogP contribution in [0.25, 0.3) is 22.5 Å². The lowest BCUT2D eigenvalue weighted by Gasteiger charge is -2.13. The first kappa shape index (κ1) is 17.6. The number of anilines is 1. The van der Waals surface area contributed by atoms with Gasteiger partial charge >= 0.3 is 0 Å². The van der Waals surface area contributed by atoms with Gasteiger partial charge in [0.15, 0.2) is 0 Å². The van der Waals surface area contributed by atoms with Crippen molar-refractivity contribution in [2.75, 3.05) is 5.73 Å². The fourth-order valence-corrected chi connectivity index (χ4v) is 4.38. The number of pyridine rings is 1. The van der Waals surface area contributed by atoms with E-state index in [1.807, 2.05) is 12.1 Å². The molecule has 7 nitrogen and oxygen atoms in total. The Kier molecular flexibility index (Phi) is 4.22. The van der Waals surface area contributed by atoms with Gasteiger partial charge in [0.2, 0.25) is 0 Å². The van der Waals surface area contributed by atoms with Crippen molar-refractivity contribution in [2.24, 2.45) is 0 Å². The van der Waals surface area contributed by atoms with Gasteiger partial charge in [-0.25, -0.2) is 17.4 Å². The number of benzene rings is 1. The minimum Gasteiger partial charge on any atom is -0.383 e. The molecule has 1 aromatic carbocycles. The zero-order valence-electron chi connectivity index (χ0n) is 14.6. The summed E-state index contributed by atoms with van der Waals surface area (Å²) >= 11 is 0. The van der Waals surface area contributed by atoms with E-state index < -0.39 is 10.0 Å². The van der Waals surface area contributed by atoms with Gasteiger partial charge in [-0.1, -0.05) is 18.2 Å². The van der Waals surface area contributed by atoms with Crippen LogP contribution in [0.3, 0.4) is 0 Å². The normalized spacial score (nSPS) is 11.2. The lowest BCUT2D eigenvalue weighted by Crippen LogP contribution is -2.13. The number of nitriles is 1. The summed E-state index contributed by atoms with van der Waals surface area (Å²) in [6.45, 7) is 0. The van der Waals surface area contributed by atoms with E-state index >= 15 is 0 Å². The molecule has 28 heavy (non-hydrogen) atoms. The van der Waals surface area contributed by atoms with Gasteiger partial charge in [0.1, 0.15) is 17.5 Å². The van der Waals surface area contributed by atoms with E-state index in [2.05, 4.69) is 9.97 Å². The van der Waals surface area contributed by atoms with Gasteiger partial charge < -0.3 is 10.7 Å². The van der Waals surface area contributed by atoms with Crippen LogP contribution in [0.15, 0.2) is 78.1 Å². The van der Waals surface area contributed by atoms with E-state index in [1.54, 1.807) is 48.8 Å². The molecule has 0 aliphatic heterocycles. The maximum Gasteiger partial charge on any atom is 0.268 e. The van der Waals surface area contributed by atoms with Crippen molar-refractivity contribution < 1.29 is 8.42 Å². The number of hydrogen-bond acceptors (Lipinski definition) is 5. The second-order valence-corrected chi connectivity index (χ2v) is 7.85. The highest BCUT2D eigenvalue weighted by Crippen LogP contribution is 2.33. The number of H-pyrrole nitrogens is 1. The van der Waals surface area contributed by atoms with Crippen LogP contribution in [0.1, 0.15) is 5.56 Å². The molecule has 0 saturated heterocycles. The maximum atomic E-state index is 13.1. The molecule has 4 rings (SSSR count). The van der Waals surface area contributed by atoms with E-state index in [-0.39, 0.29) is 16.3 Å². The number of nitrogens with zero attached hydrogens (tertiary/aromatic N) is 3. The van der Waals surface area contributed by atoms with Crippen molar-refractivity contribution in [3.63, 3.8) is 0 Å². The first-order chi connectivity index (χ1) is 13.5. The summed E-state index contributed by atoms with van der Waals surface area (Å²) in [5.74, 6) is 0.0426. The van der Waals surface area contributed by atoms with Crippen LogP contribution >= 0.6 is 0 Å². The molecule has 0 radical (unpaired) electrons. The molecule has 0 aliphatic carbocycles. The number of rotatable bonds is 4. The van der Waals surface area contributed by atoms with Crippen LogP contribution in [0.4, 0.5) is 5.82 Å². The molecule has 0 fully saturated rings. The third-order valence-corrected chi connectivity index (χ3v) is 6.05. The summed E-state index contributed by atoms with van der Waals surface area (Å²) in [7, 11) is -3.84. The fourth-order valence-electron chi connectivity index (χ4n) is 3.01. The first-order valence-electron chi connectivity index (χ1n) is 8.34. The lowest BCUT2D eigenvalue weighted by atomic mass is 10.0. The Labute approximate surface area is 161 Å². The molecular formula is C20H15N5O2S. The Balaban J connectivity index is 1.95. The van der Waals surface area contributed by atoms with Crippen molar-refractivity contribution >= 4 is 15.8 Å². The minimum atomic E-state index is -3.84. The van der Waals surface area contributed by atoms with Crippen molar-refractivity contribution in [3.05, 3.63) is 78.8 Å². The minimum absolute atomic E-state index is 0.0426. The third kappa shape index (κ3) is 2.84. The van der Waals surface area contributed by atoms with Gasteiger partial charge in [-0.3, -0.25) is 0 Å². The third-order valence-electron chi connectivity index (χ3n) is 4.34. The van der Waals surface area contributed by atoms with Gasteiger partial charge in [-0.15, -0.1) is 0 Å². The van der Waals surface area contributed by atoms with Crippen LogP contribution in [-0.2, 0) is 10.0 Å². The fraction of sp³-hybridized carbons (Fsp3) is 0. The number of aromatic amines is 1. The van der Waals surface area contributed by atoms with Gasteiger partial charge in [0.25, 0.3) is 10.0 Å². The molecule has 0 bridgehead atoms. The molecule has 0 aliphatic rings. The number of nitrogens with one attached hydrogen (secondary N) is 1. The number of aromatic nitrogens is 3. The summed E-state index contributed by atoms with van der Waals surface area (Å²) in [5, 5.41) is 9.60. The van der Waals surface area contributed by atoms with E-state index in [0.29, 0.717) is 17.0 Å². The van der Waals surface area contributed by atoms with Crippen molar-refractivity contribution in [1.82, 2.24) is 13.9 Å². The van der Waals surface area contributed by atoms with Gasteiger partial charge in [0.05, 0.1) is 16.3 Å². The van der Waals surface area contributed by atoms with Crippen LogP contribution in [-0.4, -0.2) is 22.4 Å².